The number of nitrogens with zero attached hydrogens (tertiary/aromatic N) is 2. The van der Waals surface area contributed by atoms with Crippen LogP contribution in [0, 0.1) is 0 Å². The van der Waals surface area contributed by atoms with Crippen molar-refractivity contribution < 1.29 is 26.4 Å². The number of aliphatic imine (C=N–C) groups is 1. The lowest BCUT2D eigenvalue weighted by Crippen LogP contribution is -2.51. The maximum atomic E-state index is 12.7. The molecular formula is C17H25F3IN5O3S. The van der Waals surface area contributed by atoms with Gasteiger partial charge in [-0.05, 0) is 37.5 Å². The third-order valence-electron chi connectivity index (χ3n) is 4.40. The number of hydrogen-bond acceptors (Lipinski definition) is 4. The Morgan fingerprint density at radius 1 is 1.30 bits per heavy atom. The predicted molar refractivity (Wildman–Crippen MR) is 118 cm³/mol. The van der Waals surface area contributed by atoms with Crippen LogP contribution in [-0.4, -0.2) is 55.8 Å². The summed E-state index contributed by atoms with van der Waals surface area (Å²) >= 11 is 0. The van der Waals surface area contributed by atoms with Gasteiger partial charge in [-0.3, -0.25) is 4.79 Å². The highest BCUT2D eigenvalue weighted by Crippen LogP contribution is 2.28. The van der Waals surface area contributed by atoms with Crippen LogP contribution in [0.2, 0.25) is 0 Å². The second-order valence-electron chi connectivity index (χ2n) is 6.53. The number of nitrogens with two attached hydrogens (primary N) is 1. The largest absolute Gasteiger partial charge is 0.511 e. The Hall–Kier alpha value is -1.61. The van der Waals surface area contributed by atoms with Gasteiger partial charge in [0.1, 0.15) is 0 Å². The summed E-state index contributed by atoms with van der Waals surface area (Å²) < 4.78 is 61.4. The van der Waals surface area contributed by atoms with Crippen LogP contribution in [0.3, 0.4) is 0 Å². The van der Waals surface area contributed by atoms with Gasteiger partial charge in [-0.15, -0.1) is 24.0 Å². The van der Waals surface area contributed by atoms with Crippen molar-refractivity contribution in [3.63, 3.8) is 0 Å². The van der Waals surface area contributed by atoms with Gasteiger partial charge in [-0.1, -0.05) is 12.1 Å². The van der Waals surface area contributed by atoms with Gasteiger partial charge in [0.15, 0.2) is 5.96 Å². The van der Waals surface area contributed by atoms with E-state index in [1.165, 1.54) is 0 Å². The number of benzene rings is 1. The fraction of sp³-hybridized carbons (Fsp3) is 0.529. The Bertz CT molecular complexity index is 856. The van der Waals surface area contributed by atoms with Crippen molar-refractivity contribution >= 4 is 45.9 Å². The van der Waals surface area contributed by atoms with E-state index < -0.39 is 21.4 Å². The highest BCUT2D eigenvalue weighted by Gasteiger charge is 2.50. The van der Waals surface area contributed by atoms with Crippen LogP contribution < -0.4 is 16.4 Å². The molecule has 13 heteroatoms. The molecule has 2 rings (SSSR count). The number of carbonyl (C=O) groups excluding carboxylic acids is 1. The number of primary amides is 1. The first-order chi connectivity index (χ1) is 13.5. The lowest BCUT2D eigenvalue weighted by Gasteiger charge is -2.32. The van der Waals surface area contributed by atoms with Gasteiger partial charge < -0.3 is 16.4 Å². The van der Waals surface area contributed by atoms with Crippen LogP contribution in [0.5, 0.6) is 0 Å². The molecule has 0 radical (unpaired) electrons. The predicted octanol–water partition coefficient (Wildman–Crippen LogP) is 1.77. The quantitative estimate of drug-likeness (QED) is 0.277. The van der Waals surface area contributed by atoms with Crippen LogP contribution in [0.25, 0.3) is 0 Å². The molecular weight excluding hydrogens is 538 g/mol. The normalized spacial score (nSPS) is 16.6. The van der Waals surface area contributed by atoms with Gasteiger partial charge in [0, 0.05) is 31.2 Å². The maximum Gasteiger partial charge on any atom is 0.511 e. The van der Waals surface area contributed by atoms with E-state index in [4.69, 9.17) is 5.73 Å². The van der Waals surface area contributed by atoms with Crippen LogP contribution >= 0.6 is 24.0 Å². The second kappa shape index (κ2) is 11.1. The molecule has 1 aliphatic heterocycles. The molecule has 0 spiro atoms. The molecule has 0 bridgehead atoms. The summed E-state index contributed by atoms with van der Waals surface area (Å²) in [5.41, 5.74) is 1.11. The van der Waals surface area contributed by atoms with Gasteiger partial charge in [0.2, 0.25) is 5.91 Å². The average Bonchev–Trinajstić information content (AvgIpc) is 2.66. The number of alkyl halides is 3. The maximum absolute atomic E-state index is 12.7. The molecule has 1 aromatic carbocycles. The highest BCUT2D eigenvalue weighted by molar-refractivity contribution is 14.0. The molecule has 1 aromatic rings. The molecule has 170 valence electrons. The number of halogens is 4. The third-order valence-corrected chi connectivity index (χ3v) is 6.03. The number of carbonyl (C=O) groups is 1. The van der Waals surface area contributed by atoms with E-state index in [2.05, 4.69) is 15.6 Å². The molecule has 8 nitrogen and oxygen atoms in total. The standard InChI is InChI=1S/C17H24F3N5O3S.HI/c1-2-22-16(23-11-12-4-3-5-13(10-12)15(21)26)24-14-6-8-25(9-7-14)29(27,28)17(18,19)20;/h3-5,10,14H,2,6-9,11H2,1H3,(H2,21,26)(H2,22,23,24);1H. The minimum absolute atomic E-state index is 0. The summed E-state index contributed by atoms with van der Waals surface area (Å²) in [7, 11) is -5.30. The molecule has 1 fully saturated rings. The van der Waals surface area contributed by atoms with E-state index in [0.29, 0.717) is 22.4 Å². The van der Waals surface area contributed by atoms with Crippen molar-refractivity contribution in [2.45, 2.75) is 37.9 Å². The molecule has 4 N–H and O–H groups in total. The summed E-state index contributed by atoms with van der Waals surface area (Å²) in [4.78, 5) is 15.7. The first-order valence-electron chi connectivity index (χ1n) is 9.04. The molecule has 30 heavy (non-hydrogen) atoms. The molecule has 1 saturated heterocycles. The highest BCUT2D eigenvalue weighted by atomic mass is 127. The van der Waals surface area contributed by atoms with Crippen molar-refractivity contribution in [3.05, 3.63) is 35.4 Å². The Morgan fingerprint density at radius 2 is 1.93 bits per heavy atom. The van der Waals surface area contributed by atoms with E-state index in [9.17, 15) is 26.4 Å². The van der Waals surface area contributed by atoms with E-state index in [-0.39, 0.29) is 62.5 Å². The monoisotopic (exact) mass is 563 g/mol. The molecule has 1 heterocycles. The van der Waals surface area contributed by atoms with Gasteiger partial charge in [-0.25, -0.2) is 13.4 Å². The molecule has 0 aromatic heterocycles. The summed E-state index contributed by atoms with van der Waals surface area (Å²) in [6.45, 7) is 2.24. The number of guanidine groups is 1. The topological polar surface area (TPSA) is 117 Å². The van der Waals surface area contributed by atoms with Crippen LogP contribution in [0.4, 0.5) is 13.2 Å². The number of hydrogen-bond donors (Lipinski definition) is 3. The van der Waals surface area contributed by atoms with Gasteiger partial charge in [-0.2, -0.15) is 17.5 Å². The Kier molecular flexibility index (Phi) is 9.81. The number of piperidine rings is 1. The van der Waals surface area contributed by atoms with Gasteiger partial charge in [0.05, 0.1) is 6.54 Å². The van der Waals surface area contributed by atoms with Crippen molar-refractivity contribution in [3.8, 4) is 0 Å². The molecule has 0 aliphatic carbocycles. The first-order valence-corrected chi connectivity index (χ1v) is 10.5. The van der Waals surface area contributed by atoms with E-state index >= 15 is 0 Å². The van der Waals surface area contributed by atoms with Crippen molar-refractivity contribution in [2.75, 3.05) is 19.6 Å². The second-order valence-corrected chi connectivity index (χ2v) is 8.46. The average molecular weight is 563 g/mol. The fourth-order valence-electron chi connectivity index (χ4n) is 2.89. The molecule has 1 amide bonds. The van der Waals surface area contributed by atoms with Gasteiger partial charge in [0.25, 0.3) is 0 Å². The van der Waals surface area contributed by atoms with E-state index in [0.717, 1.165) is 5.56 Å². The van der Waals surface area contributed by atoms with Crippen LogP contribution in [-0.2, 0) is 16.6 Å². The van der Waals surface area contributed by atoms with Crippen LogP contribution in [0.15, 0.2) is 29.3 Å². The lowest BCUT2D eigenvalue weighted by atomic mass is 10.1. The first kappa shape index (κ1) is 26.4. The minimum Gasteiger partial charge on any atom is -0.366 e. The number of amides is 1. The Morgan fingerprint density at radius 3 is 2.47 bits per heavy atom. The smallest absolute Gasteiger partial charge is 0.366 e. The minimum atomic E-state index is -5.30. The zero-order valence-electron chi connectivity index (χ0n) is 16.3. The van der Waals surface area contributed by atoms with Crippen molar-refractivity contribution in [1.82, 2.24) is 14.9 Å². The third kappa shape index (κ3) is 6.97. The molecule has 0 unspecified atom stereocenters. The molecule has 1 aliphatic rings. The summed E-state index contributed by atoms with van der Waals surface area (Å²) in [5, 5.41) is 6.16. The Labute approximate surface area is 190 Å². The van der Waals surface area contributed by atoms with Crippen molar-refractivity contribution in [2.24, 2.45) is 10.7 Å². The zero-order chi connectivity index (χ0) is 21.7. The SMILES string of the molecule is CCNC(=NCc1cccc(C(N)=O)c1)NC1CCN(S(=O)(=O)C(F)(F)F)CC1.I. The number of nitrogens with one attached hydrogen (secondary N) is 2. The fourth-order valence-corrected chi connectivity index (χ4v) is 3.88. The van der Waals surface area contributed by atoms with Crippen molar-refractivity contribution in [1.29, 1.82) is 0 Å². The van der Waals surface area contributed by atoms with Gasteiger partial charge >= 0.3 is 15.5 Å². The Balaban J connectivity index is 0.00000450. The van der Waals surface area contributed by atoms with E-state index in [1.807, 2.05) is 6.92 Å². The van der Waals surface area contributed by atoms with Crippen LogP contribution in [0.1, 0.15) is 35.7 Å². The number of rotatable bonds is 6. The molecule has 0 saturated carbocycles. The summed E-state index contributed by atoms with van der Waals surface area (Å²) in [5.74, 6) is -0.0875. The lowest BCUT2D eigenvalue weighted by molar-refractivity contribution is -0.0494. The molecule has 0 atom stereocenters. The summed E-state index contributed by atoms with van der Waals surface area (Å²) in [6.07, 6.45) is 0.438. The van der Waals surface area contributed by atoms with E-state index in [1.54, 1.807) is 24.3 Å². The zero-order valence-corrected chi connectivity index (χ0v) is 19.4. The summed E-state index contributed by atoms with van der Waals surface area (Å²) in [6, 6.07) is 6.50. The number of sulfonamides is 1.